The van der Waals surface area contributed by atoms with Gasteiger partial charge in [-0.3, -0.25) is 0 Å². The third kappa shape index (κ3) is 6.17. The molecular formula is C12H28O3Si2. The summed E-state index contributed by atoms with van der Waals surface area (Å²) >= 11 is 0. The molecular weight excluding hydrogens is 248 g/mol. The minimum Gasteiger partial charge on any atom is -0.544 e. The molecule has 5 heteroatoms. The lowest BCUT2D eigenvalue weighted by atomic mass is 10.2. The SMILES string of the molecule is CO/C(=C/O[Si](C)(C)C(C)(C)C)O[Si](C)(C)C. The summed E-state index contributed by atoms with van der Waals surface area (Å²) in [5.41, 5.74) is 0. The first-order valence-electron chi connectivity index (χ1n) is 6.00. The summed E-state index contributed by atoms with van der Waals surface area (Å²) in [6.45, 7) is 17.4. The van der Waals surface area contributed by atoms with E-state index in [1.165, 1.54) is 0 Å². The van der Waals surface area contributed by atoms with Gasteiger partial charge in [-0.05, 0) is 37.8 Å². The Bertz CT molecular complexity index is 272. The summed E-state index contributed by atoms with van der Waals surface area (Å²) in [7, 11) is -1.81. The van der Waals surface area contributed by atoms with Crippen LogP contribution in [0.3, 0.4) is 0 Å². The first-order valence-corrected chi connectivity index (χ1v) is 12.3. The molecule has 0 aliphatic rings. The van der Waals surface area contributed by atoms with Crippen LogP contribution < -0.4 is 0 Å². The largest absolute Gasteiger partial charge is 0.544 e. The molecule has 0 N–H and O–H groups in total. The zero-order chi connectivity index (χ0) is 13.9. The lowest BCUT2D eigenvalue weighted by molar-refractivity contribution is 0.133. The van der Waals surface area contributed by atoms with Gasteiger partial charge in [0.25, 0.3) is 5.95 Å². The third-order valence-electron chi connectivity index (χ3n) is 2.86. The van der Waals surface area contributed by atoms with Crippen LogP contribution >= 0.6 is 0 Å². The molecule has 0 bridgehead atoms. The van der Waals surface area contributed by atoms with Gasteiger partial charge in [0.2, 0.25) is 16.6 Å². The third-order valence-corrected chi connectivity index (χ3v) is 8.00. The van der Waals surface area contributed by atoms with Gasteiger partial charge in [0.1, 0.15) is 6.26 Å². The Labute approximate surface area is 108 Å². The Morgan fingerprint density at radius 2 is 1.47 bits per heavy atom. The molecule has 3 nitrogen and oxygen atoms in total. The van der Waals surface area contributed by atoms with Crippen LogP contribution in [0.2, 0.25) is 37.8 Å². The van der Waals surface area contributed by atoms with Crippen molar-refractivity contribution in [3.63, 3.8) is 0 Å². The average molecular weight is 277 g/mol. The van der Waals surface area contributed by atoms with Crippen molar-refractivity contribution >= 4 is 16.6 Å². The summed E-state index contributed by atoms with van der Waals surface area (Å²) in [5, 5.41) is 0.182. The van der Waals surface area contributed by atoms with Gasteiger partial charge in [-0.15, -0.1) is 0 Å². The van der Waals surface area contributed by atoms with E-state index >= 15 is 0 Å². The fourth-order valence-electron chi connectivity index (χ4n) is 0.788. The predicted molar refractivity (Wildman–Crippen MR) is 77.8 cm³/mol. The summed E-state index contributed by atoms with van der Waals surface area (Å²) in [5.74, 6) is 0.494. The van der Waals surface area contributed by atoms with E-state index in [1.54, 1.807) is 13.4 Å². The first-order chi connectivity index (χ1) is 7.39. The van der Waals surface area contributed by atoms with Crippen molar-refractivity contribution in [2.75, 3.05) is 7.11 Å². The highest BCUT2D eigenvalue weighted by Gasteiger charge is 2.38. The van der Waals surface area contributed by atoms with Crippen molar-refractivity contribution < 1.29 is 13.6 Å². The zero-order valence-corrected chi connectivity index (χ0v) is 14.8. The highest BCUT2D eigenvalue weighted by Crippen LogP contribution is 2.36. The summed E-state index contributed by atoms with van der Waals surface area (Å²) in [6, 6.07) is 0. The highest BCUT2D eigenvalue weighted by molar-refractivity contribution is 6.74. The molecule has 0 saturated heterocycles. The molecule has 0 amide bonds. The van der Waals surface area contributed by atoms with Gasteiger partial charge >= 0.3 is 0 Å². The Hall–Kier alpha value is -0.426. The molecule has 0 unspecified atom stereocenters. The zero-order valence-electron chi connectivity index (χ0n) is 12.8. The Kier molecular flexibility index (Phi) is 5.34. The van der Waals surface area contributed by atoms with Crippen LogP contribution in [0.1, 0.15) is 20.8 Å². The molecule has 17 heavy (non-hydrogen) atoms. The van der Waals surface area contributed by atoms with Gasteiger partial charge in [-0.25, -0.2) is 0 Å². The fourth-order valence-corrected chi connectivity index (χ4v) is 2.27. The van der Waals surface area contributed by atoms with E-state index in [2.05, 4.69) is 53.5 Å². The van der Waals surface area contributed by atoms with Crippen LogP contribution in [-0.4, -0.2) is 23.7 Å². The molecule has 0 radical (unpaired) electrons. The van der Waals surface area contributed by atoms with Gasteiger partial charge in [-0.1, -0.05) is 20.8 Å². The molecule has 0 fully saturated rings. The first kappa shape index (κ1) is 16.6. The van der Waals surface area contributed by atoms with Gasteiger partial charge < -0.3 is 13.6 Å². The number of ether oxygens (including phenoxy) is 1. The maximum absolute atomic E-state index is 5.94. The van der Waals surface area contributed by atoms with Gasteiger partial charge in [0.15, 0.2) is 0 Å². The second-order valence-electron chi connectivity index (χ2n) is 6.73. The smallest absolute Gasteiger partial charge is 0.299 e. The van der Waals surface area contributed by atoms with E-state index in [1.807, 2.05) is 0 Å². The van der Waals surface area contributed by atoms with Gasteiger partial charge in [0.05, 0.1) is 7.11 Å². The Balaban J connectivity index is 4.68. The monoisotopic (exact) mass is 276 g/mol. The number of methoxy groups -OCH3 is 1. The molecule has 0 aliphatic carbocycles. The van der Waals surface area contributed by atoms with E-state index < -0.39 is 16.6 Å². The van der Waals surface area contributed by atoms with E-state index in [-0.39, 0.29) is 5.04 Å². The average Bonchev–Trinajstić information content (AvgIpc) is 2.08. The topological polar surface area (TPSA) is 27.7 Å². The number of rotatable bonds is 5. The molecule has 0 aromatic heterocycles. The van der Waals surface area contributed by atoms with E-state index in [4.69, 9.17) is 13.6 Å². The molecule has 0 aliphatic heterocycles. The summed E-state index contributed by atoms with van der Waals surface area (Å²) < 4.78 is 16.9. The second-order valence-corrected chi connectivity index (χ2v) is 15.9. The Morgan fingerprint density at radius 3 is 1.76 bits per heavy atom. The van der Waals surface area contributed by atoms with Crippen molar-refractivity contribution in [1.82, 2.24) is 0 Å². The van der Waals surface area contributed by atoms with Crippen molar-refractivity contribution in [1.29, 1.82) is 0 Å². The van der Waals surface area contributed by atoms with Crippen molar-refractivity contribution in [3.05, 3.63) is 12.2 Å². The van der Waals surface area contributed by atoms with E-state index in [0.29, 0.717) is 5.95 Å². The van der Waals surface area contributed by atoms with Crippen molar-refractivity contribution in [2.45, 2.75) is 58.5 Å². The molecule has 102 valence electrons. The molecule has 0 rings (SSSR count). The molecule has 0 aromatic carbocycles. The fraction of sp³-hybridized carbons (Fsp3) is 0.833. The van der Waals surface area contributed by atoms with E-state index in [9.17, 15) is 0 Å². The van der Waals surface area contributed by atoms with Gasteiger partial charge in [-0.2, -0.15) is 0 Å². The van der Waals surface area contributed by atoms with E-state index in [0.717, 1.165) is 0 Å². The summed E-state index contributed by atoms with van der Waals surface area (Å²) in [4.78, 5) is 0. The quantitative estimate of drug-likeness (QED) is 0.553. The molecule has 0 aromatic rings. The van der Waals surface area contributed by atoms with Crippen LogP contribution in [0.5, 0.6) is 0 Å². The minimum atomic E-state index is -1.78. The van der Waals surface area contributed by atoms with Crippen LogP contribution in [-0.2, 0) is 13.6 Å². The van der Waals surface area contributed by atoms with Crippen LogP contribution in [0.25, 0.3) is 0 Å². The minimum absolute atomic E-state index is 0.182. The number of hydrogen-bond donors (Lipinski definition) is 0. The van der Waals surface area contributed by atoms with Gasteiger partial charge in [0, 0.05) is 0 Å². The second kappa shape index (κ2) is 5.48. The van der Waals surface area contributed by atoms with Crippen LogP contribution in [0, 0.1) is 0 Å². The molecule has 0 atom stereocenters. The van der Waals surface area contributed by atoms with Crippen LogP contribution in [0.4, 0.5) is 0 Å². The lowest BCUT2D eigenvalue weighted by Gasteiger charge is -2.35. The van der Waals surface area contributed by atoms with Crippen molar-refractivity contribution in [3.8, 4) is 0 Å². The van der Waals surface area contributed by atoms with Crippen molar-refractivity contribution in [2.24, 2.45) is 0 Å². The highest BCUT2D eigenvalue weighted by atomic mass is 28.4. The molecule has 0 heterocycles. The normalized spacial score (nSPS) is 14.5. The molecule has 0 saturated carbocycles. The predicted octanol–water partition coefficient (Wildman–Crippen LogP) is 4.31. The summed E-state index contributed by atoms with van der Waals surface area (Å²) in [6.07, 6.45) is 1.65. The standard InChI is InChI=1S/C12H28O3Si2/c1-12(2,3)17(8,9)14-10-11(13-4)15-16(5,6)7/h10H,1-9H3/b11-10-. The Morgan fingerprint density at radius 1 is 1.00 bits per heavy atom. The maximum Gasteiger partial charge on any atom is 0.299 e. The molecule has 0 spiro atoms. The maximum atomic E-state index is 5.94. The number of hydrogen-bond acceptors (Lipinski definition) is 3. The lowest BCUT2D eigenvalue weighted by Crippen LogP contribution is -2.39. The van der Waals surface area contributed by atoms with Crippen LogP contribution in [0.15, 0.2) is 12.2 Å².